The summed E-state index contributed by atoms with van der Waals surface area (Å²) >= 11 is 0. The van der Waals surface area contributed by atoms with Gasteiger partial charge in [-0.05, 0) is 6.07 Å². The number of nitrogens with zero attached hydrogens (tertiary/aromatic N) is 1. The van der Waals surface area contributed by atoms with Gasteiger partial charge in [-0.3, -0.25) is 10.1 Å². The molecule has 1 heterocycles. The van der Waals surface area contributed by atoms with E-state index in [1.165, 1.54) is 0 Å². The molecule has 1 fully saturated rings. The van der Waals surface area contributed by atoms with E-state index >= 15 is 0 Å². The number of hydrogen-bond donors (Lipinski definition) is 0. The monoisotopic (exact) mass is 259 g/mol. The lowest BCUT2D eigenvalue weighted by Crippen LogP contribution is -2.37. The molecule has 1 aliphatic heterocycles. The van der Waals surface area contributed by atoms with Crippen molar-refractivity contribution in [3.8, 4) is 0 Å². The molecule has 0 saturated carbocycles. The van der Waals surface area contributed by atoms with E-state index in [2.05, 4.69) is 0 Å². The summed E-state index contributed by atoms with van der Waals surface area (Å²) in [6, 6.07) is 0.804. The lowest BCUT2D eigenvalue weighted by molar-refractivity contribution is -0.385. The van der Waals surface area contributed by atoms with Crippen molar-refractivity contribution in [2.24, 2.45) is 0 Å². The van der Waals surface area contributed by atoms with Crippen molar-refractivity contribution in [1.29, 1.82) is 0 Å². The Balaban J connectivity index is 2.32. The summed E-state index contributed by atoms with van der Waals surface area (Å²) < 4.78 is 35.4. The Kier molecular flexibility index (Phi) is 3.19. The molecule has 0 aliphatic carbocycles. The summed E-state index contributed by atoms with van der Waals surface area (Å²) in [5, 5.41) is 10.6. The fourth-order valence-electron chi connectivity index (χ4n) is 1.35. The van der Waals surface area contributed by atoms with Crippen molar-refractivity contribution >= 4 is 11.7 Å². The van der Waals surface area contributed by atoms with Crippen LogP contribution in [0.2, 0.25) is 0 Å². The third-order valence-electron chi connectivity index (χ3n) is 2.34. The lowest BCUT2D eigenvalue weighted by Gasteiger charge is -2.25. The van der Waals surface area contributed by atoms with Gasteiger partial charge < -0.3 is 9.47 Å². The van der Waals surface area contributed by atoms with Gasteiger partial charge in [0.1, 0.15) is 11.7 Å². The van der Waals surface area contributed by atoms with Gasteiger partial charge in [-0.2, -0.15) is 0 Å². The van der Waals surface area contributed by atoms with Gasteiger partial charge in [0, 0.05) is 0 Å². The molecule has 0 unspecified atom stereocenters. The molecule has 0 radical (unpaired) electrons. The van der Waals surface area contributed by atoms with E-state index in [9.17, 15) is 23.7 Å². The highest BCUT2D eigenvalue weighted by Crippen LogP contribution is 2.24. The molecule has 18 heavy (non-hydrogen) atoms. The standard InChI is InChI=1S/C10H7F2NO5/c11-7-1-6(9(13(15)16)2-8(7)12)10(14)18-5-3-17-4-5/h1-2,5H,3-4H2. The minimum Gasteiger partial charge on any atom is -0.454 e. The number of carbonyl (C=O) groups is 1. The largest absolute Gasteiger partial charge is 0.454 e. The van der Waals surface area contributed by atoms with E-state index in [1.54, 1.807) is 0 Å². The Morgan fingerprint density at radius 2 is 2.00 bits per heavy atom. The van der Waals surface area contributed by atoms with E-state index in [0.717, 1.165) is 0 Å². The van der Waals surface area contributed by atoms with Crippen molar-refractivity contribution in [3.05, 3.63) is 39.4 Å². The van der Waals surface area contributed by atoms with Crippen molar-refractivity contribution in [3.63, 3.8) is 0 Å². The molecular weight excluding hydrogens is 252 g/mol. The molecule has 1 saturated heterocycles. The molecule has 96 valence electrons. The maximum atomic E-state index is 13.0. The van der Waals surface area contributed by atoms with Gasteiger partial charge in [-0.25, -0.2) is 13.6 Å². The Hall–Kier alpha value is -2.09. The molecule has 0 spiro atoms. The van der Waals surface area contributed by atoms with E-state index in [-0.39, 0.29) is 13.2 Å². The molecule has 1 aliphatic rings. The predicted molar refractivity (Wildman–Crippen MR) is 53.0 cm³/mol. The fraction of sp³-hybridized carbons (Fsp3) is 0.300. The number of esters is 1. The Bertz CT molecular complexity index is 515. The van der Waals surface area contributed by atoms with Gasteiger partial charge >= 0.3 is 5.97 Å². The zero-order valence-corrected chi connectivity index (χ0v) is 8.89. The van der Waals surface area contributed by atoms with Gasteiger partial charge in [0.05, 0.1) is 24.2 Å². The minimum atomic E-state index is -1.40. The molecule has 0 atom stereocenters. The molecule has 0 aromatic heterocycles. The summed E-state index contributed by atoms with van der Waals surface area (Å²) in [7, 11) is 0. The summed E-state index contributed by atoms with van der Waals surface area (Å²) in [6.07, 6.45) is -0.509. The highest BCUT2D eigenvalue weighted by molar-refractivity contribution is 5.94. The number of nitro groups is 1. The fourth-order valence-corrected chi connectivity index (χ4v) is 1.35. The number of rotatable bonds is 3. The average Bonchev–Trinajstić information content (AvgIpc) is 2.26. The summed E-state index contributed by atoms with van der Waals surface area (Å²) in [6.45, 7) is 0.367. The molecule has 8 heteroatoms. The maximum Gasteiger partial charge on any atom is 0.345 e. The van der Waals surface area contributed by atoms with Crippen LogP contribution in [-0.4, -0.2) is 30.2 Å². The highest BCUT2D eigenvalue weighted by atomic mass is 19.2. The quantitative estimate of drug-likeness (QED) is 0.466. The van der Waals surface area contributed by atoms with Gasteiger partial charge in [0.25, 0.3) is 5.69 Å². The molecule has 0 amide bonds. The van der Waals surface area contributed by atoms with E-state index in [4.69, 9.17) is 9.47 Å². The van der Waals surface area contributed by atoms with Crippen LogP contribution in [-0.2, 0) is 9.47 Å². The first-order valence-corrected chi connectivity index (χ1v) is 4.91. The number of nitro benzene ring substituents is 1. The number of halogens is 2. The third-order valence-corrected chi connectivity index (χ3v) is 2.34. The Morgan fingerprint density at radius 3 is 2.50 bits per heavy atom. The lowest BCUT2D eigenvalue weighted by atomic mass is 10.1. The minimum absolute atomic E-state index is 0.184. The molecule has 2 rings (SSSR count). The van der Waals surface area contributed by atoms with Crippen LogP contribution < -0.4 is 0 Å². The van der Waals surface area contributed by atoms with E-state index in [1.807, 2.05) is 0 Å². The van der Waals surface area contributed by atoms with Crippen LogP contribution in [0.25, 0.3) is 0 Å². The molecule has 1 aromatic carbocycles. The van der Waals surface area contributed by atoms with Crippen LogP contribution in [0.1, 0.15) is 10.4 Å². The van der Waals surface area contributed by atoms with E-state index in [0.29, 0.717) is 12.1 Å². The number of carbonyl (C=O) groups excluding carboxylic acids is 1. The first-order chi connectivity index (χ1) is 8.49. The summed E-state index contributed by atoms with van der Waals surface area (Å²) in [5.41, 5.74) is -1.45. The van der Waals surface area contributed by atoms with Crippen LogP contribution in [0.5, 0.6) is 0 Å². The molecule has 6 nitrogen and oxygen atoms in total. The highest BCUT2D eigenvalue weighted by Gasteiger charge is 2.29. The average molecular weight is 259 g/mol. The van der Waals surface area contributed by atoms with Gasteiger partial charge in [-0.15, -0.1) is 0 Å². The Morgan fingerprint density at radius 1 is 1.39 bits per heavy atom. The van der Waals surface area contributed by atoms with Crippen molar-refractivity contribution in [1.82, 2.24) is 0 Å². The van der Waals surface area contributed by atoms with Crippen LogP contribution in [0.3, 0.4) is 0 Å². The van der Waals surface area contributed by atoms with Crippen molar-refractivity contribution < 1.29 is 28.0 Å². The van der Waals surface area contributed by atoms with Crippen LogP contribution in [0.4, 0.5) is 14.5 Å². The second kappa shape index (κ2) is 4.65. The second-order valence-corrected chi connectivity index (χ2v) is 3.61. The van der Waals surface area contributed by atoms with Crippen molar-refractivity contribution in [2.45, 2.75) is 6.10 Å². The van der Waals surface area contributed by atoms with Crippen LogP contribution in [0, 0.1) is 21.7 Å². The maximum absolute atomic E-state index is 13.0. The molecule has 1 aromatic rings. The van der Waals surface area contributed by atoms with Gasteiger partial charge in [0.2, 0.25) is 0 Å². The molecular formula is C10H7F2NO5. The normalized spacial score (nSPS) is 15.0. The predicted octanol–water partition coefficient (Wildman–Crippen LogP) is 1.43. The topological polar surface area (TPSA) is 78.7 Å². The van der Waals surface area contributed by atoms with Gasteiger partial charge in [0.15, 0.2) is 11.6 Å². The first-order valence-electron chi connectivity index (χ1n) is 4.91. The number of hydrogen-bond acceptors (Lipinski definition) is 5. The molecule has 0 N–H and O–H groups in total. The summed E-state index contributed by atoms with van der Waals surface area (Å²) in [5.74, 6) is -3.82. The number of ether oxygens (including phenoxy) is 2. The first kappa shape index (κ1) is 12.4. The van der Waals surface area contributed by atoms with E-state index < -0.39 is 39.9 Å². The van der Waals surface area contributed by atoms with Crippen LogP contribution in [0.15, 0.2) is 12.1 Å². The zero-order chi connectivity index (χ0) is 13.3. The molecule has 0 bridgehead atoms. The Labute approximate surface area is 99.3 Å². The van der Waals surface area contributed by atoms with Crippen LogP contribution >= 0.6 is 0 Å². The smallest absolute Gasteiger partial charge is 0.345 e. The zero-order valence-electron chi connectivity index (χ0n) is 8.89. The SMILES string of the molecule is O=C(OC1COC1)c1cc(F)c(F)cc1[N+](=O)[O-]. The van der Waals surface area contributed by atoms with Gasteiger partial charge in [-0.1, -0.05) is 0 Å². The van der Waals surface area contributed by atoms with Crippen molar-refractivity contribution in [2.75, 3.05) is 13.2 Å². The number of benzene rings is 1. The second-order valence-electron chi connectivity index (χ2n) is 3.61. The summed E-state index contributed by atoms with van der Waals surface area (Å²) in [4.78, 5) is 21.2. The third kappa shape index (κ3) is 2.28.